The summed E-state index contributed by atoms with van der Waals surface area (Å²) >= 11 is 1.89. The number of hydrogen-bond donors (Lipinski definition) is 1. The fraction of sp³-hybridized carbons (Fsp3) is 0.812. The molecule has 0 saturated heterocycles. The van der Waals surface area contributed by atoms with Crippen molar-refractivity contribution in [3.8, 4) is 0 Å². The largest absolute Gasteiger partial charge is 0.393 e. The van der Waals surface area contributed by atoms with Crippen molar-refractivity contribution >= 4 is 11.3 Å². The van der Waals surface area contributed by atoms with Gasteiger partial charge in [-0.15, -0.1) is 11.3 Å². The predicted octanol–water partition coefficient (Wildman–Crippen LogP) is 3.39. The first kappa shape index (κ1) is 14.5. The Morgan fingerprint density at radius 2 is 2.05 bits per heavy atom. The molecule has 2 atom stereocenters. The highest BCUT2D eigenvalue weighted by atomic mass is 32.1. The van der Waals surface area contributed by atoms with Crippen LogP contribution >= 0.6 is 11.3 Å². The van der Waals surface area contributed by atoms with Crippen LogP contribution in [0, 0.1) is 5.92 Å². The van der Waals surface area contributed by atoms with Crippen LogP contribution in [0.15, 0.2) is 6.20 Å². The number of aromatic nitrogens is 1. The summed E-state index contributed by atoms with van der Waals surface area (Å²) < 4.78 is 0. The van der Waals surface area contributed by atoms with E-state index in [2.05, 4.69) is 23.1 Å². The van der Waals surface area contributed by atoms with Crippen LogP contribution in [0.4, 0.5) is 0 Å². The van der Waals surface area contributed by atoms with Crippen LogP contribution in [0.5, 0.6) is 0 Å². The van der Waals surface area contributed by atoms with Gasteiger partial charge in [-0.25, -0.2) is 4.98 Å². The van der Waals surface area contributed by atoms with E-state index in [9.17, 15) is 5.11 Å². The van der Waals surface area contributed by atoms with E-state index < -0.39 is 0 Å². The van der Waals surface area contributed by atoms with Gasteiger partial charge in [0.2, 0.25) is 0 Å². The van der Waals surface area contributed by atoms with Crippen LogP contribution in [-0.2, 0) is 6.54 Å². The zero-order valence-corrected chi connectivity index (χ0v) is 13.2. The van der Waals surface area contributed by atoms with Gasteiger partial charge in [0.25, 0.3) is 0 Å². The molecule has 0 aromatic carbocycles. The van der Waals surface area contributed by atoms with Crippen LogP contribution in [0.2, 0.25) is 0 Å². The molecule has 0 radical (unpaired) electrons. The molecule has 3 rings (SSSR count). The Bertz CT molecular complexity index is 430. The zero-order chi connectivity index (χ0) is 13.9. The maximum atomic E-state index is 10.1. The number of nitrogens with zero attached hydrogens (tertiary/aromatic N) is 2. The minimum atomic E-state index is -0.0850. The lowest BCUT2D eigenvalue weighted by Gasteiger charge is -2.31. The Morgan fingerprint density at radius 3 is 2.75 bits per heavy atom. The van der Waals surface area contributed by atoms with Gasteiger partial charge in [0.1, 0.15) is 0 Å². The van der Waals surface area contributed by atoms with Gasteiger partial charge in [-0.2, -0.15) is 0 Å². The van der Waals surface area contributed by atoms with E-state index in [1.54, 1.807) is 0 Å². The highest BCUT2D eigenvalue weighted by molar-refractivity contribution is 7.11. The summed E-state index contributed by atoms with van der Waals surface area (Å²) in [5.41, 5.74) is 0. The molecule has 20 heavy (non-hydrogen) atoms. The number of hydrogen-bond acceptors (Lipinski definition) is 4. The highest BCUT2D eigenvalue weighted by Crippen LogP contribution is 2.38. The van der Waals surface area contributed by atoms with E-state index in [0.29, 0.717) is 5.92 Å². The van der Waals surface area contributed by atoms with Crippen LogP contribution < -0.4 is 0 Å². The second-order valence-electron chi connectivity index (χ2n) is 6.60. The first-order chi connectivity index (χ1) is 9.72. The topological polar surface area (TPSA) is 36.4 Å². The molecule has 2 aliphatic rings. The van der Waals surface area contributed by atoms with Crippen LogP contribution in [0.3, 0.4) is 0 Å². The average Bonchev–Trinajstić information content (AvgIpc) is 2.78. The van der Waals surface area contributed by atoms with Gasteiger partial charge in [0.15, 0.2) is 0 Å². The molecule has 0 aliphatic heterocycles. The Kier molecular flexibility index (Phi) is 4.74. The lowest BCUT2D eigenvalue weighted by Crippen LogP contribution is -2.34. The fourth-order valence-corrected chi connectivity index (χ4v) is 4.54. The van der Waals surface area contributed by atoms with E-state index in [4.69, 9.17) is 0 Å². The monoisotopic (exact) mass is 294 g/mol. The fourth-order valence-electron chi connectivity index (χ4n) is 3.37. The number of rotatable bonds is 5. The molecule has 1 aromatic rings. The second kappa shape index (κ2) is 6.54. The summed E-state index contributed by atoms with van der Waals surface area (Å²) in [6.07, 6.45) is 10.7. The molecule has 1 heterocycles. The SMILES string of the molecule is CN(Cc1cnc(C2CCC2)s1)CC1CCCCC1O. The maximum Gasteiger partial charge on any atom is 0.0959 e. The van der Waals surface area contributed by atoms with Crippen molar-refractivity contribution in [2.45, 2.75) is 63.5 Å². The van der Waals surface area contributed by atoms with Crippen molar-refractivity contribution in [2.75, 3.05) is 13.6 Å². The average molecular weight is 294 g/mol. The lowest BCUT2D eigenvalue weighted by molar-refractivity contribution is 0.0503. The molecular formula is C16H26N2OS. The molecule has 2 aliphatic carbocycles. The summed E-state index contributed by atoms with van der Waals surface area (Å²) in [6, 6.07) is 0. The molecule has 112 valence electrons. The van der Waals surface area contributed by atoms with Crippen LogP contribution in [0.25, 0.3) is 0 Å². The normalized spacial score (nSPS) is 27.8. The molecule has 2 unspecified atom stereocenters. The smallest absolute Gasteiger partial charge is 0.0959 e. The summed E-state index contributed by atoms with van der Waals surface area (Å²) in [5.74, 6) is 1.21. The van der Waals surface area contributed by atoms with Crippen LogP contribution in [-0.4, -0.2) is 34.7 Å². The summed E-state index contributed by atoms with van der Waals surface area (Å²) in [6.45, 7) is 1.99. The molecule has 1 N–H and O–H groups in total. The predicted molar refractivity (Wildman–Crippen MR) is 83.0 cm³/mol. The van der Waals surface area contributed by atoms with Crippen molar-refractivity contribution in [3.63, 3.8) is 0 Å². The number of aliphatic hydroxyl groups excluding tert-OH is 1. The highest BCUT2D eigenvalue weighted by Gasteiger charge is 2.25. The van der Waals surface area contributed by atoms with E-state index in [1.807, 2.05) is 11.3 Å². The minimum Gasteiger partial charge on any atom is -0.393 e. The van der Waals surface area contributed by atoms with E-state index in [-0.39, 0.29) is 6.10 Å². The quantitative estimate of drug-likeness (QED) is 0.904. The summed E-state index contributed by atoms with van der Waals surface area (Å²) in [5, 5.41) is 11.4. The molecule has 2 fully saturated rings. The molecule has 3 nitrogen and oxygen atoms in total. The first-order valence-electron chi connectivity index (χ1n) is 8.03. The summed E-state index contributed by atoms with van der Waals surface area (Å²) in [4.78, 5) is 8.33. The van der Waals surface area contributed by atoms with Gasteiger partial charge >= 0.3 is 0 Å². The second-order valence-corrected chi connectivity index (χ2v) is 7.75. The molecule has 0 bridgehead atoms. The number of aliphatic hydroxyl groups is 1. The molecule has 0 amide bonds. The first-order valence-corrected chi connectivity index (χ1v) is 8.85. The minimum absolute atomic E-state index is 0.0850. The third kappa shape index (κ3) is 3.41. The van der Waals surface area contributed by atoms with E-state index in [0.717, 1.165) is 25.4 Å². The van der Waals surface area contributed by atoms with Crippen molar-refractivity contribution in [1.82, 2.24) is 9.88 Å². The van der Waals surface area contributed by atoms with Crippen molar-refractivity contribution in [2.24, 2.45) is 5.92 Å². The Morgan fingerprint density at radius 1 is 1.25 bits per heavy atom. The van der Waals surface area contributed by atoms with Crippen LogP contribution in [0.1, 0.15) is 60.7 Å². The van der Waals surface area contributed by atoms with Gasteiger partial charge in [-0.1, -0.05) is 19.3 Å². The maximum absolute atomic E-state index is 10.1. The van der Waals surface area contributed by atoms with Crippen molar-refractivity contribution in [3.05, 3.63) is 16.1 Å². The lowest BCUT2D eigenvalue weighted by atomic mass is 9.86. The Labute approximate surface area is 126 Å². The third-order valence-corrected chi connectivity index (χ3v) is 6.01. The molecular weight excluding hydrogens is 268 g/mol. The molecule has 0 spiro atoms. The zero-order valence-electron chi connectivity index (χ0n) is 12.4. The van der Waals surface area contributed by atoms with Crippen molar-refractivity contribution < 1.29 is 5.11 Å². The van der Waals surface area contributed by atoms with Gasteiger partial charge in [-0.05, 0) is 38.6 Å². The van der Waals surface area contributed by atoms with Gasteiger partial charge in [0, 0.05) is 30.1 Å². The van der Waals surface area contributed by atoms with Gasteiger partial charge in [0.05, 0.1) is 11.1 Å². The molecule has 1 aromatic heterocycles. The third-order valence-electron chi connectivity index (χ3n) is 4.87. The van der Waals surface area contributed by atoms with E-state index in [1.165, 1.54) is 48.4 Å². The Balaban J connectivity index is 1.50. The van der Waals surface area contributed by atoms with Gasteiger partial charge < -0.3 is 10.0 Å². The Hall–Kier alpha value is -0.450. The molecule has 2 saturated carbocycles. The standard InChI is InChI=1S/C16H26N2OS/c1-18(10-13-5-2-3-8-15(13)19)11-14-9-17-16(20-14)12-6-4-7-12/h9,12-13,15,19H,2-8,10-11H2,1H3. The van der Waals surface area contributed by atoms with E-state index >= 15 is 0 Å². The number of thiazole rings is 1. The molecule has 4 heteroatoms. The van der Waals surface area contributed by atoms with Gasteiger partial charge in [-0.3, -0.25) is 0 Å². The van der Waals surface area contributed by atoms with Crippen molar-refractivity contribution in [1.29, 1.82) is 0 Å². The summed E-state index contributed by atoms with van der Waals surface area (Å²) in [7, 11) is 2.17.